The molecule has 0 bridgehead atoms. The summed E-state index contributed by atoms with van der Waals surface area (Å²) in [5.74, 6) is -0.268. The summed E-state index contributed by atoms with van der Waals surface area (Å²) >= 11 is 3.73. The SMILES string of the molecule is CCOC(=O)C/C=C/c1cc2c(Br)nn(C(c3ccccc3)(c3ccccc3)c3ccccc3)c2cc1N. The summed E-state index contributed by atoms with van der Waals surface area (Å²) in [6.45, 7) is 2.15. The molecule has 6 heteroatoms. The number of nitrogen functional groups attached to an aromatic ring is 1. The number of halogens is 1. The molecule has 0 unspecified atom stereocenters. The van der Waals surface area contributed by atoms with Gasteiger partial charge in [-0.1, -0.05) is 103 Å². The van der Waals surface area contributed by atoms with Gasteiger partial charge in [0.05, 0.1) is 18.5 Å². The molecule has 0 spiro atoms. The molecule has 2 N–H and O–H groups in total. The fourth-order valence-electron chi connectivity index (χ4n) is 4.96. The van der Waals surface area contributed by atoms with Crippen LogP contribution in [0.4, 0.5) is 5.69 Å². The number of ether oxygens (including phenoxy) is 1. The van der Waals surface area contributed by atoms with E-state index in [-0.39, 0.29) is 12.4 Å². The Labute approximate surface area is 230 Å². The summed E-state index contributed by atoms with van der Waals surface area (Å²) < 4.78 is 7.80. The fourth-order valence-corrected chi connectivity index (χ4v) is 5.44. The molecule has 0 radical (unpaired) electrons. The number of carbonyl (C=O) groups excluding carboxylic acids is 1. The van der Waals surface area contributed by atoms with Crippen molar-refractivity contribution in [3.8, 4) is 0 Å². The van der Waals surface area contributed by atoms with E-state index in [0.29, 0.717) is 16.9 Å². The third-order valence-electron chi connectivity index (χ3n) is 6.62. The average molecular weight is 566 g/mol. The molecule has 4 aromatic carbocycles. The van der Waals surface area contributed by atoms with Gasteiger partial charge in [0.2, 0.25) is 0 Å². The Balaban J connectivity index is 1.77. The van der Waals surface area contributed by atoms with Crippen LogP contribution in [-0.4, -0.2) is 22.4 Å². The maximum absolute atomic E-state index is 11.8. The molecule has 1 aromatic heterocycles. The van der Waals surface area contributed by atoms with Crippen molar-refractivity contribution in [3.05, 3.63) is 136 Å². The molecular formula is C32H28BrN3O2. The van der Waals surface area contributed by atoms with Gasteiger partial charge in [-0.15, -0.1) is 0 Å². The third-order valence-corrected chi connectivity index (χ3v) is 7.20. The Morgan fingerprint density at radius 3 is 1.95 bits per heavy atom. The number of anilines is 1. The van der Waals surface area contributed by atoms with Crippen molar-refractivity contribution in [2.24, 2.45) is 0 Å². The van der Waals surface area contributed by atoms with Gasteiger partial charge in [0.25, 0.3) is 0 Å². The van der Waals surface area contributed by atoms with Crippen molar-refractivity contribution in [2.75, 3.05) is 12.3 Å². The summed E-state index contributed by atoms with van der Waals surface area (Å²) in [6.07, 6.45) is 3.81. The first-order chi connectivity index (χ1) is 18.6. The van der Waals surface area contributed by atoms with Crippen molar-refractivity contribution in [3.63, 3.8) is 0 Å². The quantitative estimate of drug-likeness (QED) is 0.123. The van der Waals surface area contributed by atoms with Gasteiger partial charge in [-0.25, -0.2) is 4.68 Å². The van der Waals surface area contributed by atoms with Crippen LogP contribution in [0.5, 0.6) is 0 Å². The minimum Gasteiger partial charge on any atom is -0.466 e. The second-order valence-corrected chi connectivity index (χ2v) is 9.67. The zero-order valence-electron chi connectivity index (χ0n) is 21.1. The number of nitrogens with two attached hydrogens (primary N) is 1. The number of nitrogens with zero attached hydrogens (tertiary/aromatic N) is 2. The Morgan fingerprint density at radius 1 is 0.921 bits per heavy atom. The number of aromatic nitrogens is 2. The summed E-state index contributed by atoms with van der Waals surface area (Å²) in [6, 6.07) is 35.2. The van der Waals surface area contributed by atoms with E-state index >= 15 is 0 Å². The van der Waals surface area contributed by atoms with E-state index in [1.165, 1.54) is 0 Å². The van der Waals surface area contributed by atoms with E-state index in [1.807, 2.05) is 36.4 Å². The van der Waals surface area contributed by atoms with Gasteiger partial charge in [-0.3, -0.25) is 4.79 Å². The van der Waals surface area contributed by atoms with E-state index in [4.69, 9.17) is 15.6 Å². The Kier molecular flexibility index (Phi) is 7.43. The molecule has 190 valence electrons. The lowest BCUT2D eigenvalue weighted by atomic mass is 9.77. The van der Waals surface area contributed by atoms with Crippen LogP contribution in [-0.2, 0) is 15.1 Å². The van der Waals surface area contributed by atoms with E-state index in [1.54, 1.807) is 13.0 Å². The van der Waals surface area contributed by atoms with E-state index in [2.05, 4.69) is 93.4 Å². The molecule has 0 amide bonds. The van der Waals surface area contributed by atoms with Crippen molar-refractivity contribution >= 4 is 44.6 Å². The lowest BCUT2D eigenvalue weighted by molar-refractivity contribution is -0.142. The highest BCUT2D eigenvalue weighted by molar-refractivity contribution is 9.10. The zero-order valence-corrected chi connectivity index (χ0v) is 22.6. The standard InChI is InChI=1S/C32H28BrN3O2/c1-2-38-30(37)20-12-13-23-21-27-29(22-28(23)34)36(35-31(27)33)32(24-14-6-3-7-15-24,25-16-8-4-9-17-25)26-18-10-5-11-19-26/h3-19,21-22H,2,20,34H2,1H3/b13-12+. The van der Waals surface area contributed by atoms with Gasteiger partial charge in [0, 0.05) is 11.1 Å². The molecule has 0 saturated heterocycles. The van der Waals surface area contributed by atoms with Crippen LogP contribution in [0.3, 0.4) is 0 Å². The lowest BCUT2D eigenvalue weighted by Gasteiger charge is -2.37. The molecule has 0 fully saturated rings. The van der Waals surface area contributed by atoms with Gasteiger partial charge in [0.1, 0.15) is 10.1 Å². The number of esters is 1. The number of fused-ring (bicyclic) bond motifs is 1. The predicted octanol–water partition coefficient (Wildman–Crippen LogP) is 7.19. The van der Waals surface area contributed by atoms with Crippen molar-refractivity contribution in [1.29, 1.82) is 0 Å². The minimum absolute atomic E-state index is 0.185. The molecular weight excluding hydrogens is 538 g/mol. The lowest BCUT2D eigenvalue weighted by Crippen LogP contribution is -2.38. The molecule has 0 aliphatic carbocycles. The van der Waals surface area contributed by atoms with Gasteiger partial charge in [0.15, 0.2) is 0 Å². The Morgan fingerprint density at radius 2 is 1.45 bits per heavy atom. The molecule has 0 aliphatic heterocycles. The second-order valence-electron chi connectivity index (χ2n) is 8.92. The van der Waals surface area contributed by atoms with Crippen molar-refractivity contribution in [1.82, 2.24) is 9.78 Å². The molecule has 1 heterocycles. The van der Waals surface area contributed by atoms with Crippen LogP contribution < -0.4 is 5.73 Å². The molecule has 0 saturated carbocycles. The third kappa shape index (κ3) is 4.63. The summed E-state index contributed by atoms with van der Waals surface area (Å²) in [7, 11) is 0. The largest absolute Gasteiger partial charge is 0.466 e. The van der Waals surface area contributed by atoms with Gasteiger partial charge in [-0.05, 0) is 57.2 Å². The monoisotopic (exact) mass is 565 g/mol. The highest BCUT2D eigenvalue weighted by Gasteiger charge is 2.40. The number of hydrogen-bond acceptors (Lipinski definition) is 4. The molecule has 5 nitrogen and oxygen atoms in total. The first kappa shape index (κ1) is 25.5. The highest BCUT2D eigenvalue weighted by atomic mass is 79.9. The Hall–Kier alpha value is -4.16. The molecule has 5 rings (SSSR count). The van der Waals surface area contributed by atoms with E-state index < -0.39 is 5.54 Å². The highest BCUT2D eigenvalue weighted by Crippen LogP contribution is 2.44. The minimum atomic E-state index is -0.762. The first-order valence-corrected chi connectivity index (χ1v) is 13.3. The number of rotatable bonds is 8. The normalized spacial score (nSPS) is 11.7. The molecule has 0 aliphatic rings. The van der Waals surface area contributed by atoms with Gasteiger partial charge in [-0.2, -0.15) is 5.10 Å². The summed E-state index contributed by atoms with van der Waals surface area (Å²) in [5.41, 5.74) is 11.3. The van der Waals surface area contributed by atoms with Crippen molar-refractivity contribution in [2.45, 2.75) is 18.9 Å². The predicted molar refractivity (Wildman–Crippen MR) is 157 cm³/mol. The molecule has 38 heavy (non-hydrogen) atoms. The average Bonchev–Trinajstić information content (AvgIpc) is 3.26. The smallest absolute Gasteiger partial charge is 0.309 e. The second kappa shape index (κ2) is 11.1. The van der Waals surface area contributed by atoms with Crippen LogP contribution in [0, 0.1) is 0 Å². The van der Waals surface area contributed by atoms with Crippen LogP contribution >= 0.6 is 15.9 Å². The van der Waals surface area contributed by atoms with Crippen LogP contribution in [0.1, 0.15) is 35.6 Å². The Bertz CT molecular complexity index is 1480. The molecule has 0 atom stereocenters. The van der Waals surface area contributed by atoms with Gasteiger partial charge < -0.3 is 10.5 Å². The van der Waals surface area contributed by atoms with Crippen LogP contribution in [0.2, 0.25) is 0 Å². The van der Waals surface area contributed by atoms with Crippen LogP contribution in [0.25, 0.3) is 17.0 Å². The number of benzene rings is 4. The summed E-state index contributed by atoms with van der Waals surface area (Å²) in [5, 5.41) is 6.00. The first-order valence-electron chi connectivity index (χ1n) is 12.5. The van der Waals surface area contributed by atoms with Gasteiger partial charge >= 0.3 is 5.97 Å². The van der Waals surface area contributed by atoms with E-state index in [0.717, 1.165) is 33.2 Å². The number of hydrogen-bond donors (Lipinski definition) is 1. The van der Waals surface area contributed by atoms with E-state index in [9.17, 15) is 4.79 Å². The van der Waals surface area contributed by atoms with Crippen molar-refractivity contribution < 1.29 is 9.53 Å². The van der Waals surface area contributed by atoms with Crippen LogP contribution in [0.15, 0.2) is 114 Å². The zero-order chi connectivity index (χ0) is 26.5. The molecule has 5 aromatic rings. The fraction of sp³-hybridized carbons (Fsp3) is 0.125. The maximum atomic E-state index is 11.8. The maximum Gasteiger partial charge on any atom is 0.309 e. The number of carbonyl (C=O) groups is 1. The topological polar surface area (TPSA) is 70.1 Å². The summed E-state index contributed by atoms with van der Waals surface area (Å²) in [4.78, 5) is 11.8.